The molecule has 5 heteroatoms. The van der Waals surface area contributed by atoms with E-state index in [0.29, 0.717) is 17.9 Å². The summed E-state index contributed by atoms with van der Waals surface area (Å²) in [6.45, 7) is 3.54. The highest BCUT2D eigenvalue weighted by atomic mass is 16.1. The molecule has 0 aliphatic heterocycles. The van der Waals surface area contributed by atoms with E-state index < -0.39 is 0 Å². The highest BCUT2D eigenvalue weighted by molar-refractivity contribution is 5.94. The molecule has 2 N–H and O–H groups in total. The van der Waals surface area contributed by atoms with E-state index in [1.807, 2.05) is 21.0 Å². The average Bonchev–Trinajstić information content (AvgIpc) is 2.33. The number of anilines is 1. The standard InChI is InChI=1S/C13H22N4O/c1-10-8-11(9-12(14-2)16-10)13(18)15-6-5-7-17(3)4/h8-9H,5-7H2,1-4H3,(H,14,16)(H,15,18). The Kier molecular flexibility index (Phi) is 5.58. The van der Waals surface area contributed by atoms with E-state index in [1.165, 1.54) is 0 Å². The van der Waals surface area contributed by atoms with Crippen molar-refractivity contribution < 1.29 is 4.79 Å². The van der Waals surface area contributed by atoms with Crippen molar-refractivity contribution in [3.05, 3.63) is 23.4 Å². The van der Waals surface area contributed by atoms with E-state index in [2.05, 4.69) is 20.5 Å². The van der Waals surface area contributed by atoms with Crippen molar-refractivity contribution in [3.63, 3.8) is 0 Å². The van der Waals surface area contributed by atoms with Crippen LogP contribution in [0.5, 0.6) is 0 Å². The number of rotatable bonds is 6. The Bertz CT molecular complexity index is 404. The van der Waals surface area contributed by atoms with Crippen molar-refractivity contribution in [3.8, 4) is 0 Å². The molecule has 0 bridgehead atoms. The summed E-state index contributed by atoms with van der Waals surface area (Å²) < 4.78 is 0. The van der Waals surface area contributed by atoms with Gasteiger partial charge in [-0.2, -0.15) is 0 Å². The zero-order valence-corrected chi connectivity index (χ0v) is 11.6. The van der Waals surface area contributed by atoms with E-state index in [9.17, 15) is 4.79 Å². The largest absolute Gasteiger partial charge is 0.373 e. The summed E-state index contributed by atoms with van der Waals surface area (Å²) in [5.41, 5.74) is 1.48. The minimum absolute atomic E-state index is 0.0456. The van der Waals surface area contributed by atoms with Crippen LogP contribution in [0.1, 0.15) is 22.5 Å². The van der Waals surface area contributed by atoms with Crippen molar-refractivity contribution in [2.75, 3.05) is 39.5 Å². The summed E-state index contributed by atoms with van der Waals surface area (Å²) in [6, 6.07) is 3.55. The van der Waals surface area contributed by atoms with Crippen molar-refractivity contribution in [1.29, 1.82) is 0 Å². The van der Waals surface area contributed by atoms with E-state index in [0.717, 1.165) is 18.7 Å². The molecule has 0 fully saturated rings. The second-order valence-corrected chi connectivity index (χ2v) is 4.55. The first-order valence-corrected chi connectivity index (χ1v) is 6.12. The number of carbonyl (C=O) groups is 1. The molecule has 100 valence electrons. The first kappa shape index (κ1) is 14.4. The molecule has 1 amide bonds. The number of nitrogens with one attached hydrogen (secondary N) is 2. The normalized spacial score (nSPS) is 10.5. The fraction of sp³-hybridized carbons (Fsp3) is 0.538. The van der Waals surface area contributed by atoms with Crippen LogP contribution in [0.15, 0.2) is 12.1 Å². The highest BCUT2D eigenvalue weighted by Crippen LogP contribution is 2.09. The lowest BCUT2D eigenvalue weighted by atomic mass is 10.2. The van der Waals surface area contributed by atoms with Crippen molar-refractivity contribution in [1.82, 2.24) is 15.2 Å². The average molecular weight is 250 g/mol. The van der Waals surface area contributed by atoms with Gasteiger partial charge in [-0.1, -0.05) is 0 Å². The van der Waals surface area contributed by atoms with Crippen LogP contribution in [0.25, 0.3) is 0 Å². The minimum atomic E-state index is -0.0456. The van der Waals surface area contributed by atoms with Crippen LogP contribution in [-0.2, 0) is 0 Å². The Morgan fingerprint density at radius 3 is 2.72 bits per heavy atom. The van der Waals surface area contributed by atoms with E-state index in [1.54, 1.807) is 19.2 Å². The predicted octanol–water partition coefficient (Wildman–Crippen LogP) is 1.11. The number of aryl methyl sites for hydroxylation is 1. The summed E-state index contributed by atoms with van der Waals surface area (Å²) in [6.07, 6.45) is 0.946. The molecule has 1 heterocycles. The Hall–Kier alpha value is -1.62. The van der Waals surface area contributed by atoms with Crippen LogP contribution in [0.4, 0.5) is 5.82 Å². The summed E-state index contributed by atoms with van der Waals surface area (Å²) >= 11 is 0. The van der Waals surface area contributed by atoms with Crippen LogP contribution >= 0.6 is 0 Å². The Labute approximate surface area is 109 Å². The molecule has 0 aliphatic carbocycles. The fourth-order valence-corrected chi connectivity index (χ4v) is 1.63. The second kappa shape index (κ2) is 6.96. The van der Waals surface area contributed by atoms with Crippen molar-refractivity contribution >= 4 is 11.7 Å². The molecule has 5 nitrogen and oxygen atoms in total. The van der Waals surface area contributed by atoms with Gasteiger partial charge in [0.05, 0.1) is 0 Å². The molecule has 0 saturated heterocycles. The third-order valence-corrected chi connectivity index (χ3v) is 2.54. The van der Waals surface area contributed by atoms with Gasteiger partial charge in [-0.05, 0) is 46.1 Å². The maximum absolute atomic E-state index is 11.9. The van der Waals surface area contributed by atoms with Gasteiger partial charge in [0, 0.05) is 24.8 Å². The van der Waals surface area contributed by atoms with Gasteiger partial charge in [-0.25, -0.2) is 4.98 Å². The lowest BCUT2D eigenvalue weighted by Crippen LogP contribution is -2.27. The van der Waals surface area contributed by atoms with Crippen LogP contribution in [-0.4, -0.2) is 50.0 Å². The molecular formula is C13H22N4O. The summed E-state index contributed by atoms with van der Waals surface area (Å²) in [7, 11) is 5.83. The molecule has 0 atom stereocenters. The summed E-state index contributed by atoms with van der Waals surface area (Å²) in [5.74, 6) is 0.671. The zero-order valence-electron chi connectivity index (χ0n) is 11.6. The number of nitrogens with zero attached hydrogens (tertiary/aromatic N) is 2. The molecular weight excluding hydrogens is 228 g/mol. The first-order valence-electron chi connectivity index (χ1n) is 6.12. The minimum Gasteiger partial charge on any atom is -0.373 e. The quantitative estimate of drug-likeness (QED) is 0.743. The van der Waals surface area contributed by atoms with Gasteiger partial charge in [0.25, 0.3) is 5.91 Å². The van der Waals surface area contributed by atoms with Crippen LogP contribution in [0, 0.1) is 6.92 Å². The van der Waals surface area contributed by atoms with Crippen LogP contribution in [0.3, 0.4) is 0 Å². The third kappa shape index (κ3) is 4.71. The van der Waals surface area contributed by atoms with E-state index >= 15 is 0 Å². The topological polar surface area (TPSA) is 57.3 Å². The number of hydrogen-bond donors (Lipinski definition) is 2. The lowest BCUT2D eigenvalue weighted by molar-refractivity contribution is 0.0952. The number of aromatic nitrogens is 1. The predicted molar refractivity (Wildman–Crippen MR) is 74.0 cm³/mol. The monoisotopic (exact) mass is 250 g/mol. The summed E-state index contributed by atoms with van der Waals surface area (Å²) in [4.78, 5) is 18.3. The second-order valence-electron chi connectivity index (χ2n) is 4.55. The fourth-order valence-electron chi connectivity index (χ4n) is 1.63. The number of carbonyl (C=O) groups excluding carboxylic acids is 1. The molecule has 1 aromatic heterocycles. The number of pyridine rings is 1. The number of hydrogen-bond acceptors (Lipinski definition) is 4. The SMILES string of the molecule is CNc1cc(C(=O)NCCCN(C)C)cc(C)n1. The molecule has 1 aromatic rings. The molecule has 0 aromatic carbocycles. The lowest BCUT2D eigenvalue weighted by Gasteiger charge is -2.10. The first-order chi connectivity index (χ1) is 8.52. The van der Waals surface area contributed by atoms with Crippen LogP contribution < -0.4 is 10.6 Å². The smallest absolute Gasteiger partial charge is 0.251 e. The highest BCUT2D eigenvalue weighted by Gasteiger charge is 2.07. The molecule has 0 saturated carbocycles. The molecule has 18 heavy (non-hydrogen) atoms. The molecule has 0 spiro atoms. The van der Waals surface area contributed by atoms with Gasteiger partial charge in [0.15, 0.2) is 0 Å². The summed E-state index contributed by atoms with van der Waals surface area (Å²) in [5, 5.41) is 5.86. The van der Waals surface area contributed by atoms with E-state index in [-0.39, 0.29) is 5.91 Å². The van der Waals surface area contributed by atoms with Crippen molar-refractivity contribution in [2.45, 2.75) is 13.3 Å². The maximum Gasteiger partial charge on any atom is 0.251 e. The maximum atomic E-state index is 11.9. The van der Waals surface area contributed by atoms with Gasteiger partial charge >= 0.3 is 0 Å². The van der Waals surface area contributed by atoms with Gasteiger partial charge in [0.2, 0.25) is 0 Å². The van der Waals surface area contributed by atoms with Crippen molar-refractivity contribution in [2.24, 2.45) is 0 Å². The number of amides is 1. The third-order valence-electron chi connectivity index (χ3n) is 2.54. The Balaban J connectivity index is 2.53. The molecule has 1 rings (SSSR count). The van der Waals surface area contributed by atoms with Gasteiger partial charge in [-0.15, -0.1) is 0 Å². The van der Waals surface area contributed by atoms with Gasteiger partial charge < -0.3 is 15.5 Å². The van der Waals surface area contributed by atoms with E-state index in [4.69, 9.17) is 0 Å². The Morgan fingerprint density at radius 2 is 2.11 bits per heavy atom. The molecule has 0 unspecified atom stereocenters. The molecule has 0 radical (unpaired) electrons. The van der Waals surface area contributed by atoms with Gasteiger partial charge in [0.1, 0.15) is 5.82 Å². The van der Waals surface area contributed by atoms with Crippen LogP contribution in [0.2, 0.25) is 0 Å². The van der Waals surface area contributed by atoms with Gasteiger partial charge in [-0.3, -0.25) is 4.79 Å². The zero-order chi connectivity index (χ0) is 13.5. The molecule has 0 aliphatic rings. The Morgan fingerprint density at radius 1 is 1.39 bits per heavy atom.